The van der Waals surface area contributed by atoms with Crippen molar-refractivity contribution in [3.63, 3.8) is 0 Å². The van der Waals surface area contributed by atoms with E-state index >= 15 is 0 Å². The number of likely N-dealkylation sites (tertiary alicyclic amines) is 1. The van der Waals surface area contributed by atoms with Crippen LogP contribution in [0.1, 0.15) is 30.1 Å². The molecule has 2 unspecified atom stereocenters. The van der Waals surface area contributed by atoms with Crippen LogP contribution in [0.5, 0.6) is 0 Å². The molecule has 1 aromatic rings. The molecule has 0 spiro atoms. The Hall–Kier alpha value is -1.40. The van der Waals surface area contributed by atoms with Gasteiger partial charge in [0.15, 0.2) is 10.3 Å². The summed E-state index contributed by atoms with van der Waals surface area (Å²) in [5.41, 5.74) is 0.0764. The van der Waals surface area contributed by atoms with Gasteiger partial charge >= 0.3 is 5.97 Å². The van der Waals surface area contributed by atoms with Gasteiger partial charge in [-0.2, -0.15) is 0 Å². The predicted octanol–water partition coefficient (Wildman–Crippen LogP) is 2.11. The van der Waals surface area contributed by atoms with Crippen molar-refractivity contribution in [2.24, 2.45) is 5.92 Å². The molecule has 1 fully saturated rings. The van der Waals surface area contributed by atoms with Crippen molar-refractivity contribution in [3.8, 4) is 0 Å². The number of aromatic nitrogens is 2. The quantitative estimate of drug-likeness (QED) is 0.903. The molecule has 0 bridgehead atoms. The third-order valence-electron chi connectivity index (χ3n) is 3.36. The molecule has 0 saturated carbocycles. The Balaban J connectivity index is 2.31. The van der Waals surface area contributed by atoms with Crippen LogP contribution >= 0.6 is 23.2 Å². The van der Waals surface area contributed by atoms with Crippen LogP contribution in [-0.4, -0.2) is 44.7 Å². The molecule has 6 nitrogen and oxygen atoms in total. The first kappa shape index (κ1) is 15.0. The molecule has 1 aromatic heterocycles. The minimum absolute atomic E-state index is 0.0370. The van der Waals surface area contributed by atoms with Crippen molar-refractivity contribution >= 4 is 35.1 Å². The zero-order chi connectivity index (χ0) is 14.9. The monoisotopic (exact) mass is 317 g/mol. The zero-order valence-electron chi connectivity index (χ0n) is 10.7. The largest absolute Gasteiger partial charge is 0.480 e. The molecule has 108 valence electrons. The Kier molecular flexibility index (Phi) is 4.45. The summed E-state index contributed by atoms with van der Waals surface area (Å²) in [6.07, 6.45) is 1.17. The van der Waals surface area contributed by atoms with Gasteiger partial charge in [0.25, 0.3) is 5.91 Å². The van der Waals surface area contributed by atoms with Gasteiger partial charge in [0.05, 0.1) is 5.56 Å². The molecule has 1 saturated heterocycles. The molecule has 0 aromatic carbocycles. The van der Waals surface area contributed by atoms with E-state index in [0.717, 1.165) is 6.42 Å². The first-order valence-corrected chi connectivity index (χ1v) is 6.88. The normalized spacial score (nSPS) is 22.6. The number of piperidine rings is 1. The lowest BCUT2D eigenvalue weighted by Gasteiger charge is -2.36. The number of aliphatic carboxylic acids is 1. The molecule has 20 heavy (non-hydrogen) atoms. The van der Waals surface area contributed by atoms with E-state index in [1.807, 2.05) is 6.92 Å². The minimum atomic E-state index is -1.02. The second kappa shape index (κ2) is 5.93. The summed E-state index contributed by atoms with van der Waals surface area (Å²) in [7, 11) is 0. The van der Waals surface area contributed by atoms with Gasteiger partial charge < -0.3 is 10.0 Å². The number of carboxylic acid groups (broad SMARTS) is 1. The van der Waals surface area contributed by atoms with E-state index in [-0.39, 0.29) is 21.8 Å². The maximum absolute atomic E-state index is 12.4. The lowest BCUT2D eigenvalue weighted by atomic mass is 9.92. The van der Waals surface area contributed by atoms with Gasteiger partial charge in [-0.1, -0.05) is 30.1 Å². The van der Waals surface area contributed by atoms with E-state index in [1.54, 1.807) is 0 Å². The molecule has 1 aliphatic heterocycles. The van der Waals surface area contributed by atoms with E-state index in [1.165, 1.54) is 11.0 Å². The average Bonchev–Trinajstić information content (AvgIpc) is 2.40. The highest BCUT2D eigenvalue weighted by Gasteiger charge is 2.36. The van der Waals surface area contributed by atoms with Gasteiger partial charge in [0.2, 0.25) is 0 Å². The van der Waals surface area contributed by atoms with Gasteiger partial charge in [-0.15, -0.1) is 10.2 Å². The molecule has 1 N–H and O–H groups in total. The number of rotatable bonds is 2. The zero-order valence-corrected chi connectivity index (χ0v) is 12.2. The maximum atomic E-state index is 12.4. The van der Waals surface area contributed by atoms with Gasteiger partial charge in [0.1, 0.15) is 6.04 Å². The molecule has 2 heterocycles. The number of carboxylic acids is 1. The van der Waals surface area contributed by atoms with Crippen molar-refractivity contribution in [1.82, 2.24) is 15.1 Å². The fourth-order valence-electron chi connectivity index (χ4n) is 2.28. The molecular weight excluding hydrogens is 305 g/mol. The summed E-state index contributed by atoms with van der Waals surface area (Å²) >= 11 is 11.5. The van der Waals surface area contributed by atoms with Crippen LogP contribution in [0.3, 0.4) is 0 Å². The smallest absolute Gasteiger partial charge is 0.326 e. The van der Waals surface area contributed by atoms with Gasteiger partial charge in [-0.3, -0.25) is 4.79 Å². The molecule has 0 radical (unpaired) electrons. The standard InChI is InChI=1S/C12H13Cl2N3O3/c1-6-2-3-17(8(4-6)12(19)20)11(18)7-5-9(13)15-16-10(7)14/h5-6,8H,2-4H2,1H3,(H,19,20). The van der Waals surface area contributed by atoms with Crippen LogP contribution in [-0.2, 0) is 4.79 Å². The summed E-state index contributed by atoms with van der Waals surface area (Å²) in [4.78, 5) is 25.1. The van der Waals surface area contributed by atoms with Gasteiger partial charge in [-0.05, 0) is 24.8 Å². The molecular formula is C12H13Cl2N3O3. The van der Waals surface area contributed by atoms with Gasteiger partial charge in [-0.25, -0.2) is 4.79 Å². The highest BCUT2D eigenvalue weighted by molar-refractivity contribution is 6.34. The summed E-state index contributed by atoms with van der Waals surface area (Å²) < 4.78 is 0. The summed E-state index contributed by atoms with van der Waals surface area (Å²) in [5, 5.41) is 16.3. The maximum Gasteiger partial charge on any atom is 0.326 e. The van der Waals surface area contributed by atoms with Crippen LogP contribution in [0.15, 0.2) is 6.07 Å². The van der Waals surface area contributed by atoms with E-state index in [2.05, 4.69) is 10.2 Å². The number of hydrogen-bond acceptors (Lipinski definition) is 4. The first-order valence-electron chi connectivity index (χ1n) is 6.12. The van der Waals surface area contributed by atoms with Crippen molar-refractivity contribution in [2.75, 3.05) is 6.54 Å². The number of hydrogen-bond donors (Lipinski definition) is 1. The molecule has 2 atom stereocenters. The molecule has 8 heteroatoms. The second-order valence-electron chi connectivity index (χ2n) is 4.85. The Morgan fingerprint density at radius 1 is 1.40 bits per heavy atom. The third kappa shape index (κ3) is 3.02. The van der Waals surface area contributed by atoms with Crippen molar-refractivity contribution in [2.45, 2.75) is 25.8 Å². The number of amides is 1. The summed E-state index contributed by atoms with van der Waals surface area (Å²) in [6, 6.07) is 0.449. The van der Waals surface area contributed by atoms with E-state index in [4.69, 9.17) is 23.2 Å². The first-order chi connectivity index (χ1) is 9.40. The van der Waals surface area contributed by atoms with Gasteiger partial charge in [0, 0.05) is 6.54 Å². The van der Waals surface area contributed by atoms with E-state index in [0.29, 0.717) is 13.0 Å². The Labute approximate surface area is 125 Å². The second-order valence-corrected chi connectivity index (χ2v) is 5.60. The lowest BCUT2D eigenvalue weighted by molar-refractivity contribution is -0.144. The molecule has 1 aliphatic rings. The van der Waals surface area contributed by atoms with E-state index in [9.17, 15) is 14.7 Å². The predicted molar refractivity (Wildman–Crippen MR) is 72.9 cm³/mol. The Morgan fingerprint density at radius 3 is 2.75 bits per heavy atom. The van der Waals surface area contributed by atoms with Crippen LogP contribution in [0.2, 0.25) is 10.3 Å². The number of halogens is 2. The molecule has 1 amide bonds. The highest BCUT2D eigenvalue weighted by Crippen LogP contribution is 2.26. The minimum Gasteiger partial charge on any atom is -0.480 e. The number of carbonyl (C=O) groups excluding carboxylic acids is 1. The van der Waals surface area contributed by atoms with Crippen molar-refractivity contribution in [1.29, 1.82) is 0 Å². The third-order valence-corrected chi connectivity index (χ3v) is 3.82. The van der Waals surface area contributed by atoms with Crippen LogP contribution in [0, 0.1) is 5.92 Å². The summed E-state index contributed by atoms with van der Waals surface area (Å²) in [6.45, 7) is 2.34. The molecule has 2 rings (SSSR count). The Bertz CT molecular complexity index is 553. The van der Waals surface area contributed by atoms with Crippen LogP contribution in [0.25, 0.3) is 0 Å². The van der Waals surface area contributed by atoms with Crippen molar-refractivity contribution in [3.05, 3.63) is 21.9 Å². The fraction of sp³-hybridized carbons (Fsp3) is 0.500. The van der Waals surface area contributed by atoms with E-state index < -0.39 is 17.9 Å². The highest BCUT2D eigenvalue weighted by atomic mass is 35.5. The summed E-state index contributed by atoms with van der Waals surface area (Å²) in [5.74, 6) is -1.24. The van der Waals surface area contributed by atoms with Crippen molar-refractivity contribution < 1.29 is 14.7 Å². The lowest BCUT2D eigenvalue weighted by Crippen LogP contribution is -2.49. The number of carbonyl (C=O) groups is 2. The topological polar surface area (TPSA) is 83.4 Å². The average molecular weight is 318 g/mol. The van der Waals surface area contributed by atoms with Crippen LogP contribution in [0.4, 0.5) is 0 Å². The van der Waals surface area contributed by atoms with Crippen LogP contribution < -0.4 is 0 Å². The fourth-order valence-corrected chi connectivity index (χ4v) is 2.60. The number of nitrogens with zero attached hydrogens (tertiary/aromatic N) is 3. The SMILES string of the molecule is CC1CCN(C(=O)c2cc(Cl)nnc2Cl)C(C(=O)O)C1. The Morgan fingerprint density at radius 2 is 2.10 bits per heavy atom. The molecule has 0 aliphatic carbocycles.